The Morgan fingerprint density at radius 1 is 0.962 bits per heavy atom. The monoisotopic (exact) mass is 371 g/mol. The fourth-order valence-electron chi connectivity index (χ4n) is 2.60. The second kappa shape index (κ2) is 7.97. The third-order valence-electron chi connectivity index (χ3n) is 3.87. The van der Waals surface area contributed by atoms with E-state index < -0.39 is 0 Å². The van der Waals surface area contributed by atoms with Crippen LogP contribution in [-0.2, 0) is 4.79 Å². The minimum Gasteiger partial charge on any atom is -0.497 e. The van der Waals surface area contributed by atoms with Crippen molar-refractivity contribution in [2.24, 2.45) is 0 Å². The Kier molecular flexibility index (Phi) is 5.49. The van der Waals surface area contributed by atoms with Crippen LogP contribution in [0, 0.1) is 0 Å². The minimum atomic E-state index is -0.310. The molecule has 3 aromatic carbocycles. The maximum Gasteiger partial charge on any atom is 0.262 e. The summed E-state index contributed by atoms with van der Waals surface area (Å²) in [5.74, 6) is 1.44. The molecule has 0 radical (unpaired) electrons. The quantitative estimate of drug-likeness (QED) is 0.691. The van der Waals surface area contributed by atoms with Crippen molar-refractivity contribution in [3.8, 4) is 17.2 Å². The van der Waals surface area contributed by atoms with Crippen LogP contribution in [0.3, 0.4) is 0 Å². The van der Waals surface area contributed by atoms with Crippen molar-refractivity contribution in [3.63, 3.8) is 0 Å². The number of benzene rings is 3. The molecule has 0 aromatic heterocycles. The molecule has 5 nitrogen and oxygen atoms in total. The van der Waals surface area contributed by atoms with Gasteiger partial charge in [-0.3, -0.25) is 4.79 Å². The van der Waals surface area contributed by atoms with Crippen LogP contribution in [0.25, 0.3) is 10.8 Å². The molecule has 0 atom stereocenters. The fraction of sp³-hybridized carbons (Fsp3) is 0.150. The number of amides is 1. The molecule has 0 spiro atoms. The predicted molar refractivity (Wildman–Crippen MR) is 103 cm³/mol. The lowest BCUT2D eigenvalue weighted by Crippen LogP contribution is -2.20. The maximum absolute atomic E-state index is 12.3. The first kappa shape index (κ1) is 17.9. The highest BCUT2D eigenvalue weighted by atomic mass is 35.5. The highest BCUT2D eigenvalue weighted by Gasteiger charge is 2.11. The van der Waals surface area contributed by atoms with E-state index in [1.54, 1.807) is 37.4 Å². The van der Waals surface area contributed by atoms with Crippen LogP contribution in [0.1, 0.15) is 0 Å². The van der Waals surface area contributed by atoms with Gasteiger partial charge in [0.2, 0.25) is 0 Å². The average molecular weight is 372 g/mol. The van der Waals surface area contributed by atoms with Gasteiger partial charge in [0.1, 0.15) is 17.2 Å². The number of nitrogens with one attached hydrogen (secondary N) is 1. The third-order valence-corrected chi connectivity index (χ3v) is 4.20. The predicted octanol–water partition coefficient (Wildman–Crippen LogP) is 4.53. The Labute approximate surface area is 156 Å². The summed E-state index contributed by atoms with van der Waals surface area (Å²) in [5.41, 5.74) is 0.515. The molecule has 0 aliphatic rings. The van der Waals surface area contributed by atoms with Gasteiger partial charge >= 0.3 is 0 Å². The molecule has 0 saturated carbocycles. The number of rotatable bonds is 6. The van der Waals surface area contributed by atoms with Crippen LogP contribution in [0.15, 0.2) is 54.6 Å². The van der Waals surface area contributed by atoms with Crippen molar-refractivity contribution >= 4 is 34.0 Å². The Morgan fingerprint density at radius 3 is 2.42 bits per heavy atom. The second-order valence-electron chi connectivity index (χ2n) is 5.49. The van der Waals surface area contributed by atoms with Crippen LogP contribution < -0.4 is 19.5 Å². The van der Waals surface area contributed by atoms with Crippen LogP contribution in [0.5, 0.6) is 17.2 Å². The summed E-state index contributed by atoms with van der Waals surface area (Å²) < 4.78 is 16.1. The van der Waals surface area contributed by atoms with Crippen molar-refractivity contribution < 1.29 is 19.0 Å². The van der Waals surface area contributed by atoms with Crippen molar-refractivity contribution in [1.29, 1.82) is 0 Å². The molecule has 1 N–H and O–H groups in total. The zero-order chi connectivity index (χ0) is 18.5. The first-order valence-corrected chi connectivity index (χ1v) is 8.32. The molecule has 3 rings (SSSR count). The topological polar surface area (TPSA) is 56.8 Å². The summed E-state index contributed by atoms with van der Waals surface area (Å²) in [4.78, 5) is 12.3. The van der Waals surface area contributed by atoms with E-state index in [1.165, 1.54) is 7.11 Å². The van der Waals surface area contributed by atoms with E-state index in [0.717, 1.165) is 10.8 Å². The maximum atomic E-state index is 12.3. The number of hydrogen-bond acceptors (Lipinski definition) is 4. The lowest BCUT2D eigenvalue weighted by molar-refractivity contribution is -0.118. The van der Waals surface area contributed by atoms with Crippen LogP contribution in [0.4, 0.5) is 5.69 Å². The molecule has 0 heterocycles. The van der Waals surface area contributed by atoms with Gasteiger partial charge in [0.05, 0.1) is 19.9 Å². The Morgan fingerprint density at radius 2 is 1.69 bits per heavy atom. The van der Waals surface area contributed by atoms with Gasteiger partial charge in [0, 0.05) is 21.9 Å². The molecule has 0 saturated heterocycles. The molecule has 0 bridgehead atoms. The van der Waals surface area contributed by atoms with Gasteiger partial charge in [-0.2, -0.15) is 0 Å². The first-order chi connectivity index (χ1) is 12.6. The van der Waals surface area contributed by atoms with E-state index in [4.69, 9.17) is 25.8 Å². The number of methoxy groups -OCH3 is 2. The molecule has 0 unspecified atom stereocenters. The van der Waals surface area contributed by atoms with Crippen molar-refractivity contribution in [3.05, 3.63) is 59.6 Å². The van der Waals surface area contributed by atoms with E-state index >= 15 is 0 Å². The molecule has 6 heteroatoms. The lowest BCUT2D eigenvalue weighted by atomic mass is 10.1. The van der Waals surface area contributed by atoms with Crippen molar-refractivity contribution in [1.82, 2.24) is 0 Å². The molecule has 26 heavy (non-hydrogen) atoms. The molecule has 0 aliphatic carbocycles. The van der Waals surface area contributed by atoms with Gasteiger partial charge in [-0.1, -0.05) is 35.9 Å². The summed E-state index contributed by atoms with van der Waals surface area (Å²) in [5, 5.41) is 5.14. The number of hydrogen-bond donors (Lipinski definition) is 1. The second-order valence-corrected chi connectivity index (χ2v) is 5.90. The highest BCUT2D eigenvalue weighted by molar-refractivity contribution is 6.35. The van der Waals surface area contributed by atoms with Gasteiger partial charge in [0.25, 0.3) is 5.91 Å². The number of ether oxygens (including phenoxy) is 3. The number of carbonyl (C=O) groups excluding carboxylic acids is 1. The van der Waals surface area contributed by atoms with E-state index in [0.29, 0.717) is 28.0 Å². The molecule has 0 fully saturated rings. The van der Waals surface area contributed by atoms with Gasteiger partial charge < -0.3 is 19.5 Å². The fourth-order valence-corrected chi connectivity index (χ4v) is 2.83. The Bertz CT molecular complexity index is 942. The summed E-state index contributed by atoms with van der Waals surface area (Å²) >= 11 is 6.20. The SMILES string of the molecule is COc1ccc(OC)c(NC(=O)COc2ccc(Cl)c3ccccc23)c1. The number of anilines is 1. The van der Waals surface area contributed by atoms with Crippen LogP contribution in [-0.4, -0.2) is 26.7 Å². The van der Waals surface area contributed by atoms with Crippen LogP contribution >= 0.6 is 11.6 Å². The Hall–Kier alpha value is -2.92. The van der Waals surface area contributed by atoms with Gasteiger partial charge in [0.15, 0.2) is 6.61 Å². The minimum absolute atomic E-state index is 0.147. The molecule has 0 aliphatic heterocycles. The summed E-state index contributed by atoms with van der Waals surface area (Å²) in [6.45, 7) is -0.147. The van der Waals surface area contributed by atoms with Gasteiger partial charge in [-0.15, -0.1) is 0 Å². The molecule has 134 valence electrons. The van der Waals surface area contributed by atoms with Crippen molar-refractivity contribution in [2.75, 3.05) is 26.1 Å². The molecular weight excluding hydrogens is 354 g/mol. The smallest absolute Gasteiger partial charge is 0.262 e. The van der Waals surface area contributed by atoms with Gasteiger partial charge in [-0.25, -0.2) is 0 Å². The highest BCUT2D eigenvalue weighted by Crippen LogP contribution is 2.32. The van der Waals surface area contributed by atoms with Gasteiger partial charge in [-0.05, 0) is 24.3 Å². The Balaban J connectivity index is 1.73. The van der Waals surface area contributed by atoms with Crippen molar-refractivity contribution in [2.45, 2.75) is 0 Å². The first-order valence-electron chi connectivity index (χ1n) is 7.94. The normalized spacial score (nSPS) is 10.4. The zero-order valence-corrected chi connectivity index (χ0v) is 15.2. The molecule has 3 aromatic rings. The van der Waals surface area contributed by atoms with E-state index in [1.807, 2.05) is 24.3 Å². The molecule has 1 amide bonds. The van der Waals surface area contributed by atoms with Crippen LogP contribution in [0.2, 0.25) is 5.02 Å². The summed E-state index contributed by atoms with van der Waals surface area (Å²) in [6, 6.07) is 16.3. The number of halogens is 1. The number of carbonyl (C=O) groups is 1. The van der Waals surface area contributed by atoms with E-state index in [2.05, 4.69) is 5.32 Å². The largest absolute Gasteiger partial charge is 0.497 e. The van der Waals surface area contributed by atoms with E-state index in [9.17, 15) is 4.79 Å². The third kappa shape index (κ3) is 3.83. The number of fused-ring (bicyclic) bond motifs is 1. The summed E-state index contributed by atoms with van der Waals surface area (Å²) in [7, 11) is 3.09. The zero-order valence-electron chi connectivity index (χ0n) is 14.4. The lowest BCUT2D eigenvalue weighted by Gasteiger charge is -2.13. The summed E-state index contributed by atoms with van der Waals surface area (Å²) in [6.07, 6.45) is 0. The average Bonchev–Trinajstić information content (AvgIpc) is 2.67. The molecular formula is C20H18ClNO4. The standard InChI is InChI=1S/C20H18ClNO4/c1-24-13-7-9-19(25-2)17(11-13)22-20(23)12-26-18-10-8-16(21)14-5-3-4-6-15(14)18/h3-11H,12H2,1-2H3,(H,22,23). The van der Waals surface area contributed by atoms with E-state index in [-0.39, 0.29) is 12.5 Å².